The van der Waals surface area contributed by atoms with Gasteiger partial charge in [0.15, 0.2) is 11.5 Å². The highest BCUT2D eigenvalue weighted by Gasteiger charge is 2.15. The number of aromatic nitrogens is 6. The van der Waals surface area contributed by atoms with Gasteiger partial charge in [-0.2, -0.15) is 5.10 Å². The molecule has 0 saturated carbocycles. The van der Waals surface area contributed by atoms with E-state index >= 15 is 0 Å². The topological polar surface area (TPSA) is 60.9 Å². The first kappa shape index (κ1) is 11.2. The van der Waals surface area contributed by atoms with Crippen LogP contribution in [0.1, 0.15) is 11.5 Å². The van der Waals surface area contributed by atoms with Gasteiger partial charge in [-0.1, -0.05) is 11.6 Å². The average Bonchev–Trinajstić information content (AvgIpc) is 2.85. The van der Waals surface area contributed by atoms with Gasteiger partial charge in [0.2, 0.25) is 0 Å². The molecule has 0 aliphatic heterocycles. The molecule has 0 bridgehead atoms. The largest absolute Gasteiger partial charge is 0.272 e. The van der Waals surface area contributed by atoms with Crippen molar-refractivity contribution < 1.29 is 0 Å². The van der Waals surface area contributed by atoms with Crippen LogP contribution < -0.4 is 0 Å². The van der Waals surface area contributed by atoms with Crippen LogP contribution in [-0.4, -0.2) is 29.4 Å². The van der Waals surface area contributed by atoms with E-state index in [2.05, 4.69) is 20.3 Å². The minimum Gasteiger partial charge on any atom is -0.272 e. The van der Waals surface area contributed by atoms with E-state index in [1.165, 1.54) is 0 Å². The molecule has 3 aromatic heterocycles. The van der Waals surface area contributed by atoms with Gasteiger partial charge >= 0.3 is 0 Å². The molecule has 92 valence electrons. The molecule has 0 atom stereocenters. The van der Waals surface area contributed by atoms with E-state index in [4.69, 9.17) is 11.6 Å². The van der Waals surface area contributed by atoms with Crippen LogP contribution in [0.3, 0.4) is 0 Å². The van der Waals surface area contributed by atoms with Crippen molar-refractivity contribution in [2.45, 2.75) is 13.8 Å². The molecule has 0 saturated heterocycles. The van der Waals surface area contributed by atoms with Gasteiger partial charge in [0, 0.05) is 18.8 Å². The number of halogens is 1. The van der Waals surface area contributed by atoms with Gasteiger partial charge in [-0.3, -0.25) is 9.08 Å². The van der Waals surface area contributed by atoms with Gasteiger partial charge in [-0.05, 0) is 13.8 Å². The average molecular weight is 263 g/mol. The summed E-state index contributed by atoms with van der Waals surface area (Å²) in [4.78, 5) is 4.22. The van der Waals surface area contributed by atoms with E-state index in [0.717, 1.165) is 22.9 Å². The van der Waals surface area contributed by atoms with Crippen molar-refractivity contribution in [3.63, 3.8) is 0 Å². The van der Waals surface area contributed by atoms with Crippen LogP contribution in [0.2, 0.25) is 5.15 Å². The molecule has 3 heterocycles. The maximum atomic E-state index is 5.91. The summed E-state index contributed by atoms with van der Waals surface area (Å²) in [5.41, 5.74) is 2.65. The van der Waals surface area contributed by atoms with E-state index in [9.17, 15) is 0 Å². The molecule has 3 aromatic rings. The Labute approximate surface area is 108 Å². The standard InChI is InChI=1S/C11H11ClN6/c1-6-8(5-13-17(6)3)11-16-15-10-4-9(12)14-7(2)18(10)11/h4-5H,1-3H3. The summed E-state index contributed by atoms with van der Waals surface area (Å²) >= 11 is 5.91. The van der Waals surface area contributed by atoms with Crippen molar-refractivity contribution in [2.75, 3.05) is 0 Å². The van der Waals surface area contributed by atoms with Crippen molar-refractivity contribution in [1.82, 2.24) is 29.4 Å². The minimum absolute atomic E-state index is 0.418. The van der Waals surface area contributed by atoms with Crippen molar-refractivity contribution in [3.05, 3.63) is 28.9 Å². The first-order chi connectivity index (χ1) is 8.58. The Balaban J connectivity index is 2.34. The van der Waals surface area contributed by atoms with Gasteiger partial charge in [-0.25, -0.2) is 4.98 Å². The van der Waals surface area contributed by atoms with Gasteiger partial charge in [0.1, 0.15) is 11.0 Å². The molecular weight excluding hydrogens is 252 g/mol. The number of hydrogen-bond acceptors (Lipinski definition) is 4. The normalized spacial score (nSPS) is 11.3. The van der Waals surface area contributed by atoms with Gasteiger partial charge in [0.05, 0.1) is 11.8 Å². The molecule has 3 rings (SSSR count). The SMILES string of the molecule is Cc1c(-c2nnc3cc(Cl)nc(C)n23)cnn1C. The molecule has 0 unspecified atom stereocenters. The molecule has 0 aromatic carbocycles. The number of fused-ring (bicyclic) bond motifs is 1. The quantitative estimate of drug-likeness (QED) is 0.628. The molecule has 7 heteroatoms. The zero-order valence-electron chi connectivity index (χ0n) is 10.2. The fraction of sp³-hybridized carbons (Fsp3) is 0.273. The van der Waals surface area contributed by atoms with E-state index in [-0.39, 0.29) is 0 Å². The first-order valence-corrected chi connectivity index (χ1v) is 5.83. The Morgan fingerprint density at radius 3 is 2.67 bits per heavy atom. The molecule has 0 spiro atoms. The minimum atomic E-state index is 0.418. The summed E-state index contributed by atoms with van der Waals surface area (Å²) in [6, 6.07) is 1.69. The van der Waals surface area contributed by atoms with Crippen molar-refractivity contribution >= 4 is 17.2 Å². The number of aryl methyl sites for hydroxylation is 2. The predicted octanol–water partition coefficient (Wildman–Crippen LogP) is 1.80. The Morgan fingerprint density at radius 1 is 1.22 bits per heavy atom. The van der Waals surface area contributed by atoms with Crippen LogP contribution in [-0.2, 0) is 7.05 Å². The Bertz CT molecular complexity index is 741. The molecule has 0 aliphatic carbocycles. The maximum absolute atomic E-state index is 5.91. The second-order valence-electron chi connectivity index (χ2n) is 4.11. The molecule has 0 amide bonds. The Kier molecular flexibility index (Phi) is 2.34. The lowest BCUT2D eigenvalue weighted by Crippen LogP contribution is -1.99. The third-order valence-electron chi connectivity index (χ3n) is 3.00. The summed E-state index contributed by atoms with van der Waals surface area (Å²) in [5, 5.41) is 13.0. The summed E-state index contributed by atoms with van der Waals surface area (Å²) in [6.45, 7) is 3.86. The molecule has 0 aliphatic rings. The summed E-state index contributed by atoms with van der Waals surface area (Å²) in [7, 11) is 1.89. The third kappa shape index (κ3) is 1.49. The second-order valence-corrected chi connectivity index (χ2v) is 4.50. The lowest BCUT2D eigenvalue weighted by atomic mass is 10.2. The fourth-order valence-corrected chi connectivity index (χ4v) is 2.16. The van der Waals surface area contributed by atoms with Gasteiger partial charge in [-0.15, -0.1) is 10.2 Å². The monoisotopic (exact) mass is 262 g/mol. The molecule has 0 N–H and O–H groups in total. The van der Waals surface area contributed by atoms with Crippen molar-refractivity contribution in [2.24, 2.45) is 7.05 Å². The summed E-state index contributed by atoms with van der Waals surface area (Å²) in [5.74, 6) is 1.48. The highest BCUT2D eigenvalue weighted by molar-refractivity contribution is 6.29. The lowest BCUT2D eigenvalue weighted by Gasteiger charge is -2.03. The van der Waals surface area contributed by atoms with E-state index in [1.54, 1.807) is 16.9 Å². The first-order valence-electron chi connectivity index (χ1n) is 5.45. The van der Waals surface area contributed by atoms with Gasteiger partial charge < -0.3 is 0 Å². The van der Waals surface area contributed by atoms with Crippen LogP contribution in [0.25, 0.3) is 17.0 Å². The van der Waals surface area contributed by atoms with E-state index in [0.29, 0.717) is 10.8 Å². The number of hydrogen-bond donors (Lipinski definition) is 0. The summed E-state index contributed by atoms with van der Waals surface area (Å²) in [6.07, 6.45) is 1.78. The smallest absolute Gasteiger partial charge is 0.173 e. The van der Waals surface area contributed by atoms with Crippen LogP contribution in [0.4, 0.5) is 0 Å². The zero-order valence-corrected chi connectivity index (χ0v) is 11.0. The van der Waals surface area contributed by atoms with Crippen LogP contribution in [0.15, 0.2) is 12.3 Å². The Hall–Kier alpha value is -1.95. The van der Waals surface area contributed by atoms with Gasteiger partial charge in [0.25, 0.3) is 0 Å². The maximum Gasteiger partial charge on any atom is 0.173 e. The van der Waals surface area contributed by atoms with E-state index in [1.807, 2.05) is 25.3 Å². The Morgan fingerprint density at radius 2 is 2.00 bits per heavy atom. The molecule has 0 radical (unpaired) electrons. The fourth-order valence-electron chi connectivity index (χ4n) is 1.94. The predicted molar refractivity (Wildman–Crippen MR) is 67.5 cm³/mol. The van der Waals surface area contributed by atoms with Crippen LogP contribution in [0, 0.1) is 13.8 Å². The highest BCUT2D eigenvalue weighted by Crippen LogP contribution is 2.23. The highest BCUT2D eigenvalue weighted by atomic mass is 35.5. The number of rotatable bonds is 1. The summed E-state index contributed by atoms with van der Waals surface area (Å²) < 4.78 is 3.67. The molecular formula is C11H11ClN6. The van der Waals surface area contributed by atoms with Crippen LogP contribution in [0.5, 0.6) is 0 Å². The lowest BCUT2D eigenvalue weighted by molar-refractivity contribution is 0.740. The third-order valence-corrected chi connectivity index (χ3v) is 3.20. The number of nitrogens with zero attached hydrogens (tertiary/aromatic N) is 6. The second kappa shape index (κ2) is 3.78. The van der Waals surface area contributed by atoms with Crippen molar-refractivity contribution in [1.29, 1.82) is 0 Å². The molecule has 18 heavy (non-hydrogen) atoms. The van der Waals surface area contributed by atoms with Crippen molar-refractivity contribution in [3.8, 4) is 11.4 Å². The van der Waals surface area contributed by atoms with E-state index < -0.39 is 0 Å². The molecule has 6 nitrogen and oxygen atoms in total. The van der Waals surface area contributed by atoms with Crippen LogP contribution >= 0.6 is 11.6 Å². The zero-order chi connectivity index (χ0) is 12.9. The molecule has 0 fully saturated rings.